The quantitative estimate of drug-likeness (QED) is 0.799. The molecule has 2 aromatic rings. The Morgan fingerprint density at radius 3 is 2.67 bits per heavy atom. The highest BCUT2D eigenvalue weighted by Crippen LogP contribution is 2.27. The van der Waals surface area contributed by atoms with E-state index in [-0.39, 0.29) is 0 Å². The van der Waals surface area contributed by atoms with E-state index in [1.165, 1.54) is 24.7 Å². The van der Waals surface area contributed by atoms with Crippen LogP contribution in [-0.2, 0) is 0 Å². The minimum Gasteiger partial charge on any atom is -0.388 e. The van der Waals surface area contributed by atoms with Crippen molar-refractivity contribution in [2.45, 2.75) is 25.8 Å². The van der Waals surface area contributed by atoms with Crippen LogP contribution in [0.5, 0.6) is 0 Å². The Balaban J connectivity index is 1.56. The van der Waals surface area contributed by atoms with Gasteiger partial charge in [0, 0.05) is 55.9 Å². The van der Waals surface area contributed by atoms with Gasteiger partial charge in [0.25, 0.3) is 0 Å². The van der Waals surface area contributed by atoms with Crippen molar-refractivity contribution >= 4 is 28.5 Å². The van der Waals surface area contributed by atoms with E-state index < -0.39 is 0 Å². The maximum atomic E-state index is 7.77. The summed E-state index contributed by atoms with van der Waals surface area (Å²) in [4.78, 5) is 14.1. The summed E-state index contributed by atoms with van der Waals surface area (Å²) in [6.07, 6.45) is 7.43. The van der Waals surface area contributed by atoms with Gasteiger partial charge in [0.05, 0.1) is 22.9 Å². The van der Waals surface area contributed by atoms with Gasteiger partial charge in [-0.1, -0.05) is 6.92 Å². The number of rotatable bonds is 5. The average molecular weight is 364 g/mol. The van der Waals surface area contributed by atoms with E-state index in [1.807, 2.05) is 12.3 Å². The summed E-state index contributed by atoms with van der Waals surface area (Å²) >= 11 is 0. The Hall–Kier alpha value is -2.47. The summed E-state index contributed by atoms with van der Waals surface area (Å²) in [6.45, 7) is 6.49. The molecule has 0 atom stereocenters. The van der Waals surface area contributed by atoms with Crippen LogP contribution >= 0.6 is 0 Å². The molecule has 6 nitrogen and oxygen atoms in total. The molecule has 1 saturated carbocycles. The van der Waals surface area contributed by atoms with Crippen LogP contribution in [-0.4, -0.2) is 60.4 Å². The van der Waals surface area contributed by atoms with Crippen molar-refractivity contribution in [1.82, 2.24) is 20.2 Å². The van der Waals surface area contributed by atoms with Crippen molar-refractivity contribution in [3.05, 3.63) is 36.3 Å². The number of anilines is 1. The number of hydrogen-bond donors (Lipinski definition) is 2. The predicted octanol–water partition coefficient (Wildman–Crippen LogP) is 2.76. The molecule has 2 N–H and O–H groups in total. The minimum atomic E-state index is 0.521. The van der Waals surface area contributed by atoms with E-state index in [0.29, 0.717) is 6.04 Å². The van der Waals surface area contributed by atoms with E-state index >= 15 is 0 Å². The van der Waals surface area contributed by atoms with Crippen LogP contribution in [0.25, 0.3) is 16.6 Å². The highest BCUT2D eigenvalue weighted by Gasteiger charge is 2.24. The fraction of sp³-hybridized carbons (Fsp3) is 0.476. The second-order valence-corrected chi connectivity index (χ2v) is 7.90. The molecule has 1 aliphatic heterocycles. The Morgan fingerprint density at radius 1 is 1.19 bits per heavy atom. The van der Waals surface area contributed by atoms with Gasteiger partial charge in [-0.2, -0.15) is 0 Å². The van der Waals surface area contributed by atoms with Crippen LogP contribution in [0, 0.1) is 11.3 Å². The van der Waals surface area contributed by atoms with Gasteiger partial charge in [0.15, 0.2) is 0 Å². The second-order valence-electron chi connectivity index (χ2n) is 7.90. The molecule has 2 fully saturated rings. The highest BCUT2D eigenvalue weighted by atomic mass is 15.2. The SMILES string of the molecule is CC1CC(N/C=C(\C=N)c2cnc3ccc(N4CCN(C)CC4)cc3n2)C1. The average Bonchev–Trinajstić information content (AvgIpc) is 2.67. The molecule has 1 saturated heterocycles. The van der Waals surface area contributed by atoms with Crippen molar-refractivity contribution in [2.24, 2.45) is 5.92 Å². The van der Waals surface area contributed by atoms with E-state index in [0.717, 1.165) is 54.4 Å². The lowest BCUT2D eigenvalue weighted by molar-refractivity contribution is 0.261. The van der Waals surface area contributed by atoms with Crippen LogP contribution in [0.4, 0.5) is 5.69 Å². The van der Waals surface area contributed by atoms with Gasteiger partial charge in [0.1, 0.15) is 0 Å². The van der Waals surface area contributed by atoms with Gasteiger partial charge in [-0.25, -0.2) is 4.98 Å². The van der Waals surface area contributed by atoms with E-state index in [9.17, 15) is 0 Å². The summed E-state index contributed by atoms with van der Waals surface area (Å²) in [6, 6.07) is 6.82. The van der Waals surface area contributed by atoms with Gasteiger partial charge in [-0.05, 0) is 44.0 Å². The second kappa shape index (κ2) is 7.64. The van der Waals surface area contributed by atoms with Crippen molar-refractivity contribution in [2.75, 3.05) is 38.1 Å². The third kappa shape index (κ3) is 3.95. The number of allylic oxidation sites excluding steroid dienone is 1. The highest BCUT2D eigenvalue weighted by molar-refractivity contribution is 6.07. The van der Waals surface area contributed by atoms with E-state index in [1.54, 1.807) is 6.20 Å². The summed E-state index contributed by atoms with van der Waals surface area (Å²) in [5.74, 6) is 0.799. The Kier molecular flexibility index (Phi) is 5.07. The summed E-state index contributed by atoms with van der Waals surface area (Å²) in [5, 5.41) is 11.2. The standard InChI is InChI=1S/C21H28N6/c1-15-9-17(10-15)23-13-16(12-22)21-14-24-19-4-3-18(11-20(19)25-21)27-7-5-26(2)6-8-27/h3-4,11-15,17,22-23H,5-10H2,1-2H3/b16-13+,22-12?. The molecule has 2 heterocycles. The molecule has 1 aromatic carbocycles. The van der Waals surface area contributed by atoms with Crippen LogP contribution in [0.15, 0.2) is 30.6 Å². The number of fused-ring (bicyclic) bond motifs is 1. The van der Waals surface area contributed by atoms with Gasteiger partial charge in [0.2, 0.25) is 0 Å². The topological polar surface area (TPSA) is 68.1 Å². The first-order chi connectivity index (χ1) is 13.1. The molecule has 0 bridgehead atoms. The number of benzene rings is 1. The van der Waals surface area contributed by atoms with Gasteiger partial charge in [-0.3, -0.25) is 4.98 Å². The zero-order valence-corrected chi connectivity index (χ0v) is 16.2. The van der Waals surface area contributed by atoms with Gasteiger partial charge in [-0.15, -0.1) is 0 Å². The third-order valence-corrected chi connectivity index (χ3v) is 5.69. The number of likely N-dealkylation sites (N-methyl/N-ethyl adjacent to an activating group) is 1. The predicted molar refractivity (Wildman–Crippen MR) is 111 cm³/mol. The van der Waals surface area contributed by atoms with Crippen molar-refractivity contribution < 1.29 is 0 Å². The Labute approximate surface area is 160 Å². The first-order valence-corrected chi connectivity index (χ1v) is 9.80. The Bertz CT molecular complexity index is 847. The lowest BCUT2D eigenvalue weighted by atomic mass is 9.82. The summed E-state index contributed by atoms with van der Waals surface area (Å²) in [5.41, 5.74) is 4.49. The molecular formula is C21H28N6. The lowest BCUT2D eigenvalue weighted by Crippen LogP contribution is -2.44. The summed E-state index contributed by atoms with van der Waals surface area (Å²) < 4.78 is 0. The first-order valence-electron chi connectivity index (χ1n) is 9.80. The van der Waals surface area contributed by atoms with E-state index in [2.05, 4.69) is 46.2 Å². The molecule has 0 unspecified atom stereocenters. The van der Waals surface area contributed by atoms with Crippen molar-refractivity contribution in [3.63, 3.8) is 0 Å². The molecule has 1 aliphatic carbocycles. The number of piperazine rings is 1. The number of nitrogens with one attached hydrogen (secondary N) is 2. The maximum Gasteiger partial charge on any atom is 0.0922 e. The molecular weight excluding hydrogens is 336 g/mol. The number of nitrogens with zero attached hydrogens (tertiary/aromatic N) is 4. The monoisotopic (exact) mass is 364 g/mol. The molecule has 1 aromatic heterocycles. The number of aromatic nitrogens is 2. The molecule has 0 spiro atoms. The van der Waals surface area contributed by atoms with Gasteiger partial charge >= 0.3 is 0 Å². The van der Waals surface area contributed by atoms with Crippen molar-refractivity contribution in [3.8, 4) is 0 Å². The van der Waals surface area contributed by atoms with E-state index in [4.69, 9.17) is 10.4 Å². The maximum absolute atomic E-state index is 7.77. The Morgan fingerprint density at radius 2 is 1.96 bits per heavy atom. The normalized spacial score (nSPS) is 23.9. The zero-order chi connectivity index (χ0) is 18.8. The fourth-order valence-corrected chi connectivity index (χ4v) is 3.84. The van der Waals surface area contributed by atoms with Crippen LogP contribution in [0.3, 0.4) is 0 Å². The largest absolute Gasteiger partial charge is 0.388 e. The molecule has 142 valence electrons. The van der Waals surface area contributed by atoms with Crippen LogP contribution in [0.2, 0.25) is 0 Å². The summed E-state index contributed by atoms with van der Waals surface area (Å²) in [7, 11) is 2.17. The first kappa shape index (κ1) is 17.9. The molecule has 6 heteroatoms. The third-order valence-electron chi connectivity index (χ3n) is 5.69. The van der Waals surface area contributed by atoms with Crippen LogP contribution < -0.4 is 10.2 Å². The number of hydrogen-bond acceptors (Lipinski definition) is 6. The molecule has 2 aliphatic rings. The lowest BCUT2D eigenvalue weighted by Gasteiger charge is -2.34. The molecule has 0 amide bonds. The fourth-order valence-electron chi connectivity index (χ4n) is 3.84. The minimum absolute atomic E-state index is 0.521. The van der Waals surface area contributed by atoms with Crippen LogP contribution in [0.1, 0.15) is 25.5 Å². The molecule has 27 heavy (non-hydrogen) atoms. The molecule has 0 radical (unpaired) electrons. The van der Waals surface area contributed by atoms with Gasteiger partial charge < -0.3 is 20.5 Å². The van der Waals surface area contributed by atoms with Crippen molar-refractivity contribution in [1.29, 1.82) is 5.41 Å². The zero-order valence-electron chi connectivity index (χ0n) is 16.2. The molecule has 4 rings (SSSR count). The smallest absolute Gasteiger partial charge is 0.0922 e.